The smallest absolute Gasteiger partial charge is 0.0883 e. The van der Waals surface area contributed by atoms with E-state index in [1.165, 1.54) is 21.2 Å². The molecule has 4 aromatic carbocycles. The van der Waals surface area contributed by atoms with Crippen molar-refractivity contribution in [2.45, 2.75) is 9.73 Å². The normalized spacial score (nSPS) is 12.4. The molecule has 0 aliphatic heterocycles. The number of benzene rings is 4. The first kappa shape index (κ1) is 25.6. The molecule has 0 heterocycles. The van der Waals surface area contributed by atoms with Crippen LogP contribution in [0.4, 0.5) is 0 Å². The molecule has 0 saturated carbocycles. The minimum Gasteiger partial charge on any atom is -0.323 e. The molecule has 32 heavy (non-hydrogen) atoms. The Bertz CT molecular complexity index is 916. The molecule has 166 valence electrons. The predicted molar refractivity (Wildman–Crippen MR) is 142 cm³/mol. The summed E-state index contributed by atoms with van der Waals surface area (Å²) in [5, 5.41) is 4.30. The zero-order valence-corrected chi connectivity index (χ0v) is 22.2. The van der Waals surface area contributed by atoms with Gasteiger partial charge in [-0.3, -0.25) is 0 Å². The Morgan fingerprint density at radius 2 is 0.750 bits per heavy atom. The van der Waals surface area contributed by atoms with Crippen LogP contribution in [0.5, 0.6) is 0 Å². The fraction of sp³-hybridized carbons (Fsp3) is 0.0741. The van der Waals surface area contributed by atoms with Crippen molar-refractivity contribution in [3.63, 3.8) is 0 Å². The van der Waals surface area contributed by atoms with Gasteiger partial charge in [0.25, 0.3) is 0 Å². The van der Waals surface area contributed by atoms with Crippen molar-refractivity contribution in [3.05, 3.63) is 128 Å². The molecule has 0 amide bonds. The van der Waals surface area contributed by atoms with Crippen molar-refractivity contribution in [1.29, 1.82) is 0 Å². The summed E-state index contributed by atoms with van der Waals surface area (Å²) in [4.78, 5) is 0. The monoisotopic (exact) mass is 585 g/mol. The summed E-state index contributed by atoms with van der Waals surface area (Å²) in [7, 11) is -2.05. The van der Waals surface area contributed by atoms with Gasteiger partial charge in [0.2, 0.25) is 0 Å². The summed E-state index contributed by atoms with van der Waals surface area (Å²) < 4.78 is -0.794. The molecule has 5 heteroatoms. The van der Waals surface area contributed by atoms with Crippen molar-refractivity contribution in [1.82, 2.24) is 0 Å². The second-order valence-electron chi connectivity index (χ2n) is 7.12. The Labute approximate surface area is 217 Å². The third kappa shape index (κ3) is 5.37. The fourth-order valence-corrected chi connectivity index (χ4v) is 12.1. The van der Waals surface area contributed by atoms with Gasteiger partial charge in [-0.2, -0.15) is 11.6 Å². The first-order valence-electron chi connectivity index (χ1n) is 10.1. The van der Waals surface area contributed by atoms with E-state index in [1.807, 2.05) is 24.3 Å². The van der Waals surface area contributed by atoms with Gasteiger partial charge in [-0.05, 0) is 37.1 Å². The molecular weight excluding hydrogens is 564 g/mol. The molecule has 0 nitrogen and oxygen atoms in total. The van der Waals surface area contributed by atoms with Crippen LogP contribution in [0.25, 0.3) is 0 Å². The summed E-state index contributed by atoms with van der Waals surface area (Å²) in [5.41, 5.74) is 0. The van der Waals surface area contributed by atoms with E-state index in [2.05, 4.69) is 104 Å². The zero-order chi connectivity index (χ0) is 21.7. The van der Waals surface area contributed by atoms with Gasteiger partial charge in [0.1, 0.15) is 0 Å². The van der Waals surface area contributed by atoms with Gasteiger partial charge in [0.15, 0.2) is 0 Å². The Hall–Kier alpha value is -1.02. The molecule has 0 saturated heterocycles. The van der Waals surface area contributed by atoms with E-state index in [0.717, 1.165) is 0 Å². The average Bonchev–Trinajstić information content (AvgIpc) is 2.82. The van der Waals surface area contributed by atoms with Gasteiger partial charge < -0.3 is 6.92 Å². The Morgan fingerprint density at radius 1 is 0.531 bits per heavy atom. The summed E-state index contributed by atoms with van der Waals surface area (Å²) in [6.45, 7) is 4.32. The second kappa shape index (κ2) is 11.9. The fourth-order valence-electron chi connectivity index (χ4n) is 3.71. The minimum atomic E-state index is -1.02. The van der Waals surface area contributed by atoms with Crippen LogP contribution < -0.4 is 21.2 Å². The Kier molecular flexibility index (Phi) is 9.53. The number of rotatable bonds is 7. The standard InChI is InChI=1S/C27H23Cl2P2.Pd/c1-22(28)27(29,30(23-14-6-2-7-15-23)24-16-8-3-9-17-24)31(25-18-10-4-11-19-25)26-20-12-5-13-21-26;/h2-22H,1H2;/q-1;. The van der Waals surface area contributed by atoms with Crippen molar-refractivity contribution < 1.29 is 20.4 Å². The molecule has 0 bridgehead atoms. The van der Waals surface area contributed by atoms with Crippen LogP contribution >= 0.6 is 39.0 Å². The van der Waals surface area contributed by atoms with Gasteiger partial charge >= 0.3 is 0 Å². The quantitative estimate of drug-likeness (QED) is 0.0993. The van der Waals surface area contributed by atoms with Crippen molar-refractivity contribution >= 4 is 60.3 Å². The summed E-state index contributed by atoms with van der Waals surface area (Å²) in [6, 6.07) is 42.1. The molecule has 0 fully saturated rings. The molecule has 0 aliphatic carbocycles. The van der Waals surface area contributed by atoms with Crippen LogP contribution in [0.1, 0.15) is 0 Å². The van der Waals surface area contributed by atoms with Gasteiger partial charge in [0.05, 0.1) is 4.36 Å². The molecule has 0 N–H and O–H groups in total. The third-order valence-corrected chi connectivity index (χ3v) is 13.4. The average molecular weight is 587 g/mol. The first-order chi connectivity index (χ1) is 15.1. The van der Waals surface area contributed by atoms with Crippen LogP contribution in [0.15, 0.2) is 121 Å². The van der Waals surface area contributed by atoms with Crippen molar-refractivity contribution in [2.75, 3.05) is 0 Å². The number of hydrogen-bond donors (Lipinski definition) is 0. The zero-order valence-electron chi connectivity index (χ0n) is 17.3. The number of alkyl halides is 2. The van der Waals surface area contributed by atoms with E-state index >= 15 is 0 Å². The van der Waals surface area contributed by atoms with E-state index in [-0.39, 0.29) is 20.4 Å². The molecule has 4 aromatic rings. The van der Waals surface area contributed by atoms with E-state index in [0.29, 0.717) is 0 Å². The van der Waals surface area contributed by atoms with Crippen LogP contribution in [0.2, 0.25) is 0 Å². The van der Waals surface area contributed by atoms with Crippen LogP contribution in [0.3, 0.4) is 0 Å². The summed E-state index contributed by atoms with van der Waals surface area (Å²) in [5.74, 6) is 0. The summed E-state index contributed by atoms with van der Waals surface area (Å²) in [6.07, 6.45) is 0. The predicted octanol–water partition coefficient (Wildman–Crippen LogP) is 6.58. The van der Waals surface area contributed by atoms with E-state index in [1.54, 1.807) is 0 Å². The minimum absolute atomic E-state index is 0. The van der Waals surface area contributed by atoms with Gasteiger partial charge in [-0.1, -0.05) is 127 Å². The molecule has 0 radical (unpaired) electrons. The molecule has 1 unspecified atom stereocenters. The van der Waals surface area contributed by atoms with Crippen LogP contribution in [-0.4, -0.2) is 9.73 Å². The van der Waals surface area contributed by atoms with Crippen LogP contribution in [0, 0.1) is 6.92 Å². The second-order valence-corrected chi connectivity index (χ2v) is 13.9. The van der Waals surface area contributed by atoms with Crippen molar-refractivity contribution in [2.24, 2.45) is 0 Å². The Balaban J connectivity index is 0.00000289. The summed E-state index contributed by atoms with van der Waals surface area (Å²) >= 11 is 14.8. The molecule has 1 atom stereocenters. The van der Waals surface area contributed by atoms with Gasteiger partial charge in [0, 0.05) is 20.4 Å². The molecule has 0 aliphatic rings. The molecular formula is C27H23Cl2P2Pd-. The maximum absolute atomic E-state index is 7.81. The maximum atomic E-state index is 7.81. The Morgan fingerprint density at radius 3 is 0.938 bits per heavy atom. The SMILES string of the molecule is [CH2-]C(Cl)C(Cl)(P(c1ccccc1)c1ccccc1)P(c1ccccc1)c1ccccc1.[Pd]. The topological polar surface area (TPSA) is 0 Å². The van der Waals surface area contributed by atoms with Gasteiger partial charge in [-0.25, -0.2) is 0 Å². The maximum Gasteiger partial charge on any atom is 0.0883 e. The van der Waals surface area contributed by atoms with Crippen LogP contribution in [-0.2, 0) is 20.4 Å². The molecule has 0 spiro atoms. The third-order valence-electron chi connectivity index (χ3n) is 5.08. The molecule has 0 aromatic heterocycles. The van der Waals surface area contributed by atoms with Crippen molar-refractivity contribution in [3.8, 4) is 0 Å². The largest absolute Gasteiger partial charge is 0.323 e. The number of hydrogen-bond acceptors (Lipinski definition) is 0. The van der Waals surface area contributed by atoms with Gasteiger partial charge in [-0.15, -0.1) is 11.6 Å². The first-order valence-corrected chi connectivity index (χ1v) is 13.6. The number of halogens is 2. The van der Waals surface area contributed by atoms with E-state index < -0.39 is 25.6 Å². The van der Waals surface area contributed by atoms with E-state index in [9.17, 15) is 0 Å². The van der Waals surface area contributed by atoms with E-state index in [4.69, 9.17) is 23.2 Å². The molecule has 4 rings (SSSR count).